The molecule has 0 aliphatic heterocycles. The van der Waals surface area contributed by atoms with Crippen molar-refractivity contribution in [3.05, 3.63) is 0 Å². The van der Waals surface area contributed by atoms with Gasteiger partial charge in [-0.15, -0.1) is 0 Å². The van der Waals surface area contributed by atoms with Crippen LogP contribution in [0, 0.1) is 16.7 Å². The third kappa shape index (κ3) is 2.93. The number of rotatable bonds is 3. The predicted octanol–water partition coefficient (Wildman–Crippen LogP) is 3.95. The molecular weight excluding hydrogens is 226 g/mol. The molecule has 0 unspecified atom stereocenters. The van der Waals surface area contributed by atoms with E-state index >= 15 is 0 Å². The molecule has 0 aromatic carbocycles. The minimum atomic E-state index is 0.481. The highest BCUT2D eigenvalue weighted by Crippen LogP contribution is 2.57. The summed E-state index contributed by atoms with van der Waals surface area (Å²) in [6, 6.07) is 0. The third-order valence-electron chi connectivity index (χ3n) is 7.61. The van der Waals surface area contributed by atoms with Crippen LogP contribution in [-0.2, 0) is 0 Å². The Hall–Kier alpha value is 0.130. The third-order valence-corrected chi connectivity index (χ3v) is 7.61. The lowest BCUT2D eigenvalue weighted by atomic mass is 9.35. The van der Waals surface area contributed by atoms with Gasteiger partial charge in [0.2, 0.25) is 0 Å². The van der Waals surface area contributed by atoms with Gasteiger partial charge in [-0.05, 0) is 42.4 Å². The van der Waals surface area contributed by atoms with E-state index < -0.39 is 0 Å². The Balaban J connectivity index is 1.99. The lowest BCUT2D eigenvalue weighted by Crippen LogP contribution is -2.42. The fourth-order valence-electron chi connectivity index (χ4n) is 4.76. The Bertz CT molecular complexity index is 290. The van der Waals surface area contributed by atoms with Crippen molar-refractivity contribution in [2.75, 3.05) is 0 Å². The maximum atomic E-state index is 2.54. The van der Waals surface area contributed by atoms with Crippen molar-refractivity contribution in [3.8, 4) is 0 Å². The fourth-order valence-corrected chi connectivity index (χ4v) is 4.76. The summed E-state index contributed by atoms with van der Waals surface area (Å²) in [5.74, 6) is 0.954. The SMILES string of the molecule is BC(B)(C1CCC2(CCCCC2)CC1)C(C)(C)CC. The van der Waals surface area contributed by atoms with Gasteiger partial charge in [0.25, 0.3) is 0 Å². The summed E-state index contributed by atoms with van der Waals surface area (Å²) >= 11 is 0. The molecule has 0 aromatic heterocycles. The van der Waals surface area contributed by atoms with Crippen LogP contribution in [0.4, 0.5) is 0 Å². The van der Waals surface area contributed by atoms with Crippen LogP contribution in [0.5, 0.6) is 0 Å². The summed E-state index contributed by atoms with van der Waals surface area (Å²) in [6.07, 6.45) is 15.0. The minimum Gasteiger partial charge on any atom is -0.0769 e. The second kappa shape index (κ2) is 5.49. The van der Waals surface area contributed by atoms with E-state index in [0.29, 0.717) is 10.6 Å². The molecule has 0 nitrogen and oxygen atoms in total. The first-order valence-electron chi connectivity index (χ1n) is 8.83. The Morgan fingerprint density at radius 3 is 1.95 bits per heavy atom. The molecule has 19 heavy (non-hydrogen) atoms. The topological polar surface area (TPSA) is 0 Å². The molecule has 2 fully saturated rings. The molecule has 0 aromatic rings. The highest BCUT2D eigenvalue weighted by molar-refractivity contribution is 6.40. The molecule has 0 saturated heterocycles. The van der Waals surface area contributed by atoms with Crippen molar-refractivity contribution in [3.63, 3.8) is 0 Å². The molecule has 108 valence electrons. The van der Waals surface area contributed by atoms with Crippen LogP contribution in [0.3, 0.4) is 0 Å². The largest absolute Gasteiger partial charge is 0.100 e. The summed E-state index contributed by atoms with van der Waals surface area (Å²) in [5.41, 5.74) is 1.26. The van der Waals surface area contributed by atoms with Crippen LogP contribution < -0.4 is 0 Å². The van der Waals surface area contributed by atoms with E-state index in [0.717, 1.165) is 11.3 Å². The maximum Gasteiger partial charge on any atom is 0.100 e. The van der Waals surface area contributed by atoms with Crippen molar-refractivity contribution >= 4 is 15.7 Å². The van der Waals surface area contributed by atoms with Crippen molar-refractivity contribution in [2.24, 2.45) is 16.7 Å². The van der Waals surface area contributed by atoms with E-state index in [4.69, 9.17) is 0 Å². The lowest BCUT2D eigenvalue weighted by molar-refractivity contribution is 0.0717. The van der Waals surface area contributed by atoms with E-state index in [1.54, 1.807) is 0 Å². The van der Waals surface area contributed by atoms with Gasteiger partial charge in [0, 0.05) is 0 Å². The molecule has 2 aliphatic carbocycles. The van der Waals surface area contributed by atoms with Gasteiger partial charge in [-0.3, -0.25) is 0 Å². The van der Waals surface area contributed by atoms with Gasteiger partial charge in [0.15, 0.2) is 0 Å². The van der Waals surface area contributed by atoms with Crippen LogP contribution in [0.25, 0.3) is 0 Å². The van der Waals surface area contributed by atoms with Gasteiger partial charge in [0.05, 0.1) is 0 Å². The van der Waals surface area contributed by atoms with Crippen LogP contribution in [0.15, 0.2) is 0 Å². The first-order valence-corrected chi connectivity index (χ1v) is 8.83. The van der Waals surface area contributed by atoms with Crippen molar-refractivity contribution in [1.82, 2.24) is 0 Å². The molecule has 2 rings (SSSR count). The highest BCUT2D eigenvalue weighted by Gasteiger charge is 2.45. The first-order chi connectivity index (χ1) is 8.83. The second-order valence-electron chi connectivity index (χ2n) is 8.79. The van der Waals surface area contributed by atoms with Gasteiger partial charge >= 0.3 is 0 Å². The van der Waals surface area contributed by atoms with E-state index in [9.17, 15) is 0 Å². The molecule has 0 amide bonds. The number of hydrogen-bond acceptors (Lipinski definition) is 0. The molecule has 0 radical (unpaired) electrons. The Kier molecular flexibility index (Phi) is 4.48. The van der Waals surface area contributed by atoms with Crippen molar-refractivity contribution in [2.45, 2.75) is 90.2 Å². The quantitative estimate of drug-likeness (QED) is 0.674. The van der Waals surface area contributed by atoms with Crippen LogP contribution in [0.2, 0.25) is 5.21 Å². The zero-order chi connectivity index (χ0) is 14.1. The van der Waals surface area contributed by atoms with Gasteiger partial charge in [-0.1, -0.05) is 64.5 Å². The Labute approximate surface area is 123 Å². The normalized spacial score (nSPS) is 25.6. The summed E-state index contributed by atoms with van der Waals surface area (Å²) < 4.78 is 0. The van der Waals surface area contributed by atoms with E-state index in [2.05, 4.69) is 36.5 Å². The van der Waals surface area contributed by atoms with Crippen LogP contribution >= 0.6 is 0 Å². The zero-order valence-electron chi connectivity index (χ0n) is 14.1. The molecule has 0 heterocycles. The summed E-state index contributed by atoms with van der Waals surface area (Å²) in [4.78, 5) is 0. The van der Waals surface area contributed by atoms with E-state index in [-0.39, 0.29) is 0 Å². The monoisotopic (exact) mass is 260 g/mol. The second-order valence-corrected chi connectivity index (χ2v) is 8.79. The molecular formula is C17H34B2. The van der Waals surface area contributed by atoms with Crippen LogP contribution in [0.1, 0.15) is 85.0 Å². The lowest BCUT2D eigenvalue weighted by Gasteiger charge is -2.52. The molecule has 0 N–H and O–H groups in total. The zero-order valence-corrected chi connectivity index (χ0v) is 14.1. The standard InChI is InChI=1S/C17H34B2/c1-4-15(2,3)17(18,19)14-8-12-16(13-9-14)10-6-5-7-11-16/h14H,4-13,18-19H2,1-3H3. The van der Waals surface area contributed by atoms with Gasteiger partial charge in [0.1, 0.15) is 15.7 Å². The minimum absolute atomic E-state index is 0.481. The van der Waals surface area contributed by atoms with Gasteiger partial charge in [-0.25, -0.2) is 0 Å². The molecule has 2 heteroatoms. The molecule has 2 aliphatic rings. The first kappa shape index (κ1) is 15.5. The van der Waals surface area contributed by atoms with Crippen molar-refractivity contribution < 1.29 is 0 Å². The fraction of sp³-hybridized carbons (Fsp3) is 1.00. The van der Waals surface area contributed by atoms with E-state index in [1.807, 2.05) is 0 Å². The molecule has 0 bridgehead atoms. The molecule has 0 atom stereocenters. The van der Waals surface area contributed by atoms with E-state index in [1.165, 1.54) is 64.2 Å². The maximum absolute atomic E-state index is 2.54. The average Bonchev–Trinajstić information content (AvgIpc) is 2.40. The summed E-state index contributed by atoms with van der Waals surface area (Å²) in [6.45, 7) is 7.34. The average molecular weight is 260 g/mol. The van der Waals surface area contributed by atoms with Crippen molar-refractivity contribution in [1.29, 1.82) is 0 Å². The van der Waals surface area contributed by atoms with Gasteiger partial charge in [-0.2, -0.15) is 0 Å². The Morgan fingerprint density at radius 2 is 1.47 bits per heavy atom. The summed E-state index contributed by atoms with van der Waals surface area (Å²) in [7, 11) is 5.08. The van der Waals surface area contributed by atoms with Crippen LogP contribution in [-0.4, -0.2) is 15.7 Å². The van der Waals surface area contributed by atoms with Gasteiger partial charge < -0.3 is 0 Å². The number of hydrogen-bond donors (Lipinski definition) is 0. The predicted molar refractivity (Wildman–Crippen MR) is 91.3 cm³/mol. The Morgan fingerprint density at radius 1 is 0.947 bits per heavy atom. The highest BCUT2D eigenvalue weighted by atomic mass is 14.5. The molecule has 1 spiro atoms. The molecule has 2 saturated carbocycles. The smallest absolute Gasteiger partial charge is 0.0769 e. The summed E-state index contributed by atoms with van der Waals surface area (Å²) in [5, 5.41) is 0.498.